The number of halogens is 1. The Morgan fingerprint density at radius 1 is 1.38 bits per heavy atom. The van der Waals surface area contributed by atoms with Crippen LogP contribution in [0.15, 0.2) is 15.9 Å². The number of nitrogens with one attached hydrogen (secondary N) is 1. The first-order valence-corrected chi connectivity index (χ1v) is 6.63. The van der Waals surface area contributed by atoms with Gasteiger partial charge < -0.3 is 5.32 Å². The lowest BCUT2D eigenvalue weighted by molar-refractivity contribution is 0.678. The number of hydrogen-bond acceptors (Lipinski definition) is 3. The van der Waals surface area contributed by atoms with Gasteiger partial charge in [-0.1, -0.05) is 0 Å². The first kappa shape index (κ1) is 11.6. The maximum atomic E-state index is 4.15. The molecule has 1 N–H and O–H groups in total. The van der Waals surface area contributed by atoms with Gasteiger partial charge in [0.15, 0.2) is 0 Å². The van der Waals surface area contributed by atoms with E-state index >= 15 is 0 Å². The summed E-state index contributed by atoms with van der Waals surface area (Å²) in [6, 6.07) is 4.28. The van der Waals surface area contributed by atoms with Gasteiger partial charge in [0.1, 0.15) is 0 Å². The summed E-state index contributed by atoms with van der Waals surface area (Å²) in [5.74, 6) is 0.970. The largest absolute Gasteiger partial charge is 0.316 e. The summed E-state index contributed by atoms with van der Waals surface area (Å²) in [4.78, 5) is 1.44. The third-order valence-corrected chi connectivity index (χ3v) is 3.69. The van der Waals surface area contributed by atoms with Gasteiger partial charge in [0, 0.05) is 4.88 Å². The van der Waals surface area contributed by atoms with Gasteiger partial charge in [-0.05, 0) is 59.7 Å². The zero-order valence-electron chi connectivity index (χ0n) is 7.42. The van der Waals surface area contributed by atoms with Crippen LogP contribution in [0.5, 0.6) is 0 Å². The topological polar surface area (TPSA) is 12.0 Å². The highest BCUT2D eigenvalue weighted by Gasteiger charge is 1.96. The molecule has 0 unspecified atom stereocenters. The van der Waals surface area contributed by atoms with Crippen LogP contribution < -0.4 is 5.32 Å². The van der Waals surface area contributed by atoms with Crippen molar-refractivity contribution in [2.45, 2.75) is 12.8 Å². The van der Waals surface area contributed by atoms with E-state index in [0.29, 0.717) is 0 Å². The van der Waals surface area contributed by atoms with Crippen molar-refractivity contribution in [2.24, 2.45) is 0 Å². The van der Waals surface area contributed by atoms with Crippen molar-refractivity contribution >= 4 is 39.9 Å². The van der Waals surface area contributed by atoms with E-state index in [2.05, 4.69) is 46.0 Å². The van der Waals surface area contributed by atoms with Crippen molar-refractivity contribution < 1.29 is 0 Å². The van der Waals surface area contributed by atoms with Gasteiger partial charge in [-0.3, -0.25) is 0 Å². The van der Waals surface area contributed by atoms with Gasteiger partial charge in [0.05, 0.1) is 3.79 Å². The zero-order valence-corrected chi connectivity index (χ0v) is 10.7. The smallest absolute Gasteiger partial charge is 0.0701 e. The Balaban J connectivity index is 2.06. The molecule has 0 fully saturated rings. The fourth-order valence-electron chi connectivity index (χ4n) is 1.03. The summed E-state index contributed by atoms with van der Waals surface area (Å²) in [5, 5.41) is 3.39. The summed E-state index contributed by atoms with van der Waals surface area (Å²) in [6.07, 6.45) is 2.28. The molecule has 0 saturated carbocycles. The van der Waals surface area contributed by atoms with Crippen molar-refractivity contribution in [1.29, 1.82) is 0 Å². The van der Waals surface area contributed by atoms with Crippen LogP contribution >= 0.6 is 39.9 Å². The molecule has 1 aromatic rings. The predicted octanol–water partition coefficient (Wildman–Crippen LogP) is 2.96. The summed E-state index contributed by atoms with van der Waals surface area (Å²) in [6.45, 7) is 2.15. The molecule has 0 aliphatic heterocycles. The first-order chi connectivity index (χ1) is 6.33. The highest BCUT2D eigenvalue weighted by atomic mass is 79.9. The van der Waals surface area contributed by atoms with Gasteiger partial charge in [-0.25, -0.2) is 0 Å². The van der Waals surface area contributed by atoms with E-state index < -0.39 is 0 Å². The van der Waals surface area contributed by atoms with Crippen LogP contribution in [0.2, 0.25) is 0 Å². The van der Waals surface area contributed by atoms with Crippen LogP contribution in [0.4, 0.5) is 0 Å². The lowest BCUT2D eigenvalue weighted by atomic mass is 10.3. The van der Waals surface area contributed by atoms with Crippen molar-refractivity contribution in [3.8, 4) is 0 Å². The second-order valence-electron chi connectivity index (χ2n) is 2.78. The summed E-state index contributed by atoms with van der Waals surface area (Å²) >= 11 is 9.42. The van der Waals surface area contributed by atoms with Gasteiger partial charge in [-0.15, -0.1) is 11.3 Å². The molecule has 0 aromatic carbocycles. The van der Waals surface area contributed by atoms with Crippen molar-refractivity contribution in [1.82, 2.24) is 5.32 Å². The molecule has 0 bridgehead atoms. The van der Waals surface area contributed by atoms with Gasteiger partial charge >= 0.3 is 0 Å². The van der Waals surface area contributed by atoms with E-state index in [9.17, 15) is 0 Å². The Morgan fingerprint density at radius 3 is 2.85 bits per heavy atom. The highest BCUT2D eigenvalue weighted by molar-refractivity contribution is 9.11. The Bertz CT molecular complexity index is 237. The molecule has 4 heteroatoms. The molecule has 0 amide bonds. The summed E-state index contributed by atoms with van der Waals surface area (Å²) in [7, 11) is 0. The Kier molecular flexibility index (Phi) is 6.11. The molecular weight excluding hydrogens is 266 g/mol. The maximum absolute atomic E-state index is 4.15. The normalized spacial score (nSPS) is 10.6. The standard InChI is InChI=1S/C9H14BrNS2/c10-9-3-2-8(13-9)4-6-11-5-1-7-12/h2-3,11-12H,1,4-7H2. The molecule has 1 heterocycles. The Labute approximate surface area is 97.5 Å². The summed E-state index contributed by atoms with van der Waals surface area (Å²) in [5.41, 5.74) is 0. The number of thiophene rings is 1. The third kappa shape index (κ3) is 5.05. The minimum atomic E-state index is 0.970. The second kappa shape index (κ2) is 6.87. The average molecular weight is 280 g/mol. The van der Waals surface area contributed by atoms with Gasteiger partial charge in [0.25, 0.3) is 0 Å². The SMILES string of the molecule is SCCCNCCc1ccc(Br)s1. The van der Waals surface area contributed by atoms with Crippen LogP contribution in [-0.4, -0.2) is 18.8 Å². The van der Waals surface area contributed by atoms with E-state index in [1.165, 1.54) is 8.66 Å². The fourth-order valence-corrected chi connectivity index (χ4v) is 2.67. The molecule has 0 atom stereocenters. The highest BCUT2D eigenvalue weighted by Crippen LogP contribution is 2.21. The predicted molar refractivity (Wildman–Crippen MR) is 67.1 cm³/mol. The van der Waals surface area contributed by atoms with Crippen LogP contribution in [0.3, 0.4) is 0 Å². The first-order valence-electron chi connectivity index (χ1n) is 4.38. The average Bonchev–Trinajstić information content (AvgIpc) is 2.51. The quantitative estimate of drug-likeness (QED) is 0.603. The molecule has 13 heavy (non-hydrogen) atoms. The van der Waals surface area contributed by atoms with Crippen molar-refractivity contribution in [3.63, 3.8) is 0 Å². The van der Waals surface area contributed by atoms with Gasteiger partial charge in [-0.2, -0.15) is 12.6 Å². The molecule has 1 nitrogen and oxygen atoms in total. The van der Waals surface area contributed by atoms with E-state index in [1.807, 2.05) is 11.3 Å². The molecule has 74 valence electrons. The molecule has 0 spiro atoms. The van der Waals surface area contributed by atoms with E-state index in [0.717, 1.165) is 31.7 Å². The lowest BCUT2D eigenvalue weighted by Crippen LogP contribution is -2.18. The molecular formula is C9H14BrNS2. The Morgan fingerprint density at radius 2 is 2.23 bits per heavy atom. The van der Waals surface area contributed by atoms with Crippen LogP contribution in [-0.2, 0) is 6.42 Å². The third-order valence-electron chi connectivity index (χ3n) is 1.69. The fraction of sp³-hybridized carbons (Fsp3) is 0.556. The van der Waals surface area contributed by atoms with Gasteiger partial charge in [0.2, 0.25) is 0 Å². The van der Waals surface area contributed by atoms with Crippen LogP contribution in [0.25, 0.3) is 0 Å². The minimum Gasteiger partial charge on any atom is -0.316 e. The lowest BCUT2D eigenvalue weighted by Gasteiger charge is -2.00. The number of thiol groups is 1. The van der Waals surface area contributed by atoms with Crippen LogP contribution in [0.1, 0.15) is 11.3 Å². The zero-order chi connectivity index (χ0) is 9.52. The molecule has 0 saturated heterocycles. The molecule has 0 radical (unpaired) electrons. The van der Waals surface area contributed by atoms with Crippen molar-refractivity contribution in [2.75, 3.05) is 18.8 Å². The number of hydrogen-bond donors (Lipinski definition) is 2. The molecule has 1 rings (SSSR count). The minimum absolute atomic E-state index is 0.970. The molecule has 1 aromatic heterocycles. The van der Waals surface area contributed by atoms with Crippen molar-refractivity contribution in [3.05, 3.63) is 20.8 Å². The van der Waals surface area contributed by atoms with E-state index in [4.69, 9.17) is 0 Å². The monoisotopic (exact) mass is 279 g/mol. The maximum Gasteiger partial charge on any atom is 0.0701 e. The molecule has 0 aliphatic rings. The summed E-state index contributed by atoms with van der Waals surface area (Å²) < 4.78 is 1.22. The Hall–Kier alpha value is 0.490. The number of rotatable bonds is 6. The second-order valence-corrected chi connectivity index (χ2v) is 5.78. The molecule has 0 aliphatic carbocycles. The van der Waals surface area contributed by atoms with E-state index in [1.54, 1.807) is 0 Å². The van der Waals surface area contributed by atoms with Crippen LogP contribution in [0, 0.1) is 0 Å². The van der Waals surface area contributed by atoms with E-state index in [-0.39, 0.29) is 0 Å².